The Morgan fingerprint density at radius 1 is 1.19 bits per heavy atom. The van der Waals surface area contributed by atoms with E-state index in [0.29, 0.717) is 37.7 Å². The molecule has 0 spiro atoms. The lowest BCUT2D eigenvalue weighted by molar-refractivity contribution is 0.0730. The fraction of sp³-hybridized carbons (Fsp3) is 0.353. The maximum absolute atomic E-state index is 13.8. The van der Waals surface area contributed by atoms with Crippen LogP contribution in [0.1, 0.15) is 5.56 Å². The second-order valence-electron chi connectivity index (χ2n) is 5.96. The highest BCUT2D eigenvalue weighted by molar-refractivity contribution is 7.89. The van der Waals surface area contributed by atoms with Crippen LogP contribution in [0, 0.1) is 11.6 Å². The van der Waals surface area contributed by atoms with Crippen molar-refractivity contribution in [2.75, 3.05) is 38.3 Å². The summed E-state index contributed by atoms with van der Waals surface area (Å²) in [7, 11) is -1.91. The van der Waals surface area contributed by atoms with Crippen molar-refractivity contribution in [2.24, 2.45) is 0 Å². The summed E-state index contributed by atoms with van der Waals surface area (Å²) in [6, 6.07) is 6.43. The van der Waals surface area contributed by atoms with Crippen molar-refractivity contribution in [3.8, 4) is 0 Å². The van der Waals surface area contributed by atoms with E-state index in [1.165, 1.54) is 28.7 Å². The SMILES string of the molecule is CN(Cc1ccc(F)cc1F)c1ccc(S(=O)(=O)N2CCOCC2)cn1. The van der Waals surface area contributed by atoms with Gasteiger partial charge in [0, 0.05) is 44.5 Å². The minimum Gasteiger partial charge on any atom is -0.379 e. The second kappa shape index (κ2) is 7.65. The minimum atomic E-state index is -3.60. The number of hydrogen-bond donors (Lipinski definition) is 0. The third-order valence-electron chi connectivity index (χ3n) is 4.14. The molecule has 2 heterocycles. The standard InChI is InChI=1S/C17H19F2N3O3S/c1-21(12-13-2-3-14(18)10-16(13)19)17-5-4-15(11-20-17)26(23,24)22-6-8-25-9-7-22/h2-5,10-11H,6-9,12H2,1H3. The summed E-state index contributed by atoms with van der Waals surface area (Å²) < 4.78 is 58.4. The number of nitrogens with zero attached hydrogens (tertiary/aromatic N) is 3. The normalized spacial score (nSPS) is 15.8. The van der Waals surface area contributed by atoms with E-state index in [0.717, 1.165) is 6.07 Å². The molecule has 140 valence electrons. The van der Waals surface area contributed by atoms with Gasteiger partial charge in [-0.2, -0.15) is 4.31 Å². The van der Waals surface area contributed by atoms with Crippen LogP contribution in [0.5, 0.6) is 0 Å². The molecule has 0 N–H and O–H groups in total. The average molecular weight is 383 g/mol. The summed E-state index contributed by atoms with van der Waals surface area (Å²) in [6.45, 7) is 1.55. The molecule has 6 nitrogen and oxygen atoms in total. The van der Waals surface area contributed by atoms with Crippen LogP contribution in [-0.2, 0) is 21.3 Å². The number of pyridine rings is 1. The van der Waals surface area contributed by atoms with Gasteiger partial charge in [-0.1, -0.05) is 6.07 Å². The van der Waals surface area contributed by atoms with Crippen LogP contribution in [0.4, 0.5) is 14.6 Å². The highest BCUT2D eigenvalue weighted by atomic mass is 32.2. The molecular formula is C17H19F2N3O3S. The third kappa shape index (κ3) is 4.00. The molecule has 0 atom stereocenters. The zero-order chi connectivity index (χ0) is 18.7. The molecule has 9 heteroatoms. The molecule has 0 amide bonds. The fourth-order valence-corrected chi connectivity index (χ4v) is 4.03. The molecule has 1 aliphatic rings. The number of rotatable bonds is 5. The number of aromatic nitrogens is 1. The Morgan fingerprint density at radius 3 is 2.54 bits per heavy atom. The molecule has 3 rings (SSSR count). The second-order valence-corrected chi connectivity index (χ2v) is 7.90. The van der Waals surface area contributed by atoms with E-state index in [1.807, 2.05) is 0 Å². The number of hydrogen-bond acceptors (Lipinski definition) is 5. The predicted molar refractivity (Wildman–Crippen MR) is 92.3 cm³/mol. The maximum atomic E-state index is 13.8. The van der Waals surface area contributed by atoms with E-state index in [9.17, 15) is 17.2 Å². The first-order chi connectivity index (χ1) is 12.4. The predicted octanol–water partition coefficient (Wildman–Crippen LogP) is 2.02. The lowest BCUT2D eigenvalue weighted by atomic mass is 10.2. The number of ether oxygens (including phenoxy) is 1. The zero-order valence-corrected chi connectivity index (χ0v) is 15.0. The molecule has 0 unspecified atom stereocenters. The Hall–Kier alpha value is -2.10. The Balaban J connectivity index is 1.74. The van der Waals surface area contributed by atoms with Crippen LogP contribution >= 0.6 is 0 Å². The molecule has 1 fully saturated rings. The summed E-state index contributed by atoms with van der Waals surface area (Å²) >= 11 is 0. The number of anilines is 1. The van der Waals surface area contributed by atoms with Crippen LogP contribution in [0.3, 0.4) is 0 Å². The molecule has 0 aliphatic carbocycles. The van der Waals surface area contributed by atoms with E-state index in [1.54, 1.807) is 18.0 Å². The molecular weight excluding hydrogens is 364 g/mol. The van der Waals surface area contributed by atoms with E-state index < -0.39 is 21.7 Å². The summed E-state index contributed by atoms with van der Waals surface area (Å²) in [6.07, 6.45) is 1.29. The van der Waals surface area contributed by atoms with Crippen LogP contribution in [0.2, 0.25) is 0 Å². The van der Waals surface area contributed by atoms with Crippen molar-refractivity contribution >= 4 is 15.8 Å². The molecule has 1 aromatic heterocycles. The van der Waals surface area contributed by atoms with Crippen molar-refractivity contribution in [3.63, 3.8) is 0 Å². The van der Waals surface area contributed by atoms with Gasteiger partial charge in [0.25, 0.3) is 0 Å². The zero-order valence-electron chi connectivity index (χ0n) is 14.2. The number of morpholine rings is 1. The quantitative estimate of drug-likeness (QED) is 0.791. The molecule has 1 aliphatic heterocycles. The molecule has 1 saturated heterocycles. The van der Waals surface area contributed by atoms with Crippen molar-refractivity contribution in [3.05, 3.63) is 53.7 Å². The molecule has 0 bridgehead atoms. The molecule has 0 saturated carbocycles. The smallest absolute Gasteiger partial charge is 0.244 e. The van der Waals surface area contributed by atoms with Gasteiger partial charge in [0.2, 0.25) is 10.0 Å². The van der Waals surface area contributed by atoms with Crippen molar-refractivity contribution < 1.29 is 21.9 Å². The first-order valence-electron chi connectivity index (χ1n) is 8.07. The van der Waals surface area contributed by atoms with Crippen LogP contribution in [0.15, 0.2) is 41.4 Å². The average Bonchev–Trinajstić information content (AvgIpc) is 2.65. The monoisotopic (exact) mass is 383 g/mol. The summed E-state index contributed by atoms with van der Waals surface area (Å²) in [5.41, 5.74) is 0.320. The molecule has 0 radical (unpaired) electrons. The Kier molecular flexibility index (Phi) is 5.49. The lowest BCUT2D eigenvalue weighted by Gasteiger charge is -2.26. The minimum absolute atomic E-state index is 0.101. The fourth-order valence-electron chi connectivity index (χ4n) is 2.67. The van der Waals surface area contributed by atoms with Gasteiger partial charge >= 0.3 is 0 Å². The van der Waals surface area contributed by atoms with Crippen molar-refractivity contribution in [1.82, 2.24) is 9.29 Å². The van der Waals surface area contributed by atoms with Gasteiger partial charge in [0.1, 0.15) is 22.3 Å². The van der Waals surface area contributed by atoms with Crippen LogP contribution < -0.4 is 4.90 Å². The summed E-state index contributed by atoms with van der Waals surface area (Å²) in [4.78, 5) is 5.93. The van der Waals surface area contributed by atoms with Crippen molar-refractivity contribution in [1.29, 1.82) is 0 Å². The Labute approximate surface area is 151 Å². The van der Waals surface area contributed by atoms with Gasteiger partial charge in [0.05, 0.1) is 13.2 Å². The first-order valence-corrected chi connectivity index (χ1v) is 9.51. The van der Waals surface area contributed by atoms with E-state index in [-0.39, 0.29) is 11.4 Å². The largest absolute Gasteiger partial charge is 0.379 e. The number of benzene rings is 1. The third-order valence-corrected chi connectivity index (χ3v) is 6.02. The van der Waals surface area contributed by atoms with Gasteiger partial charge in [-0.25, -0.2) is 22.2 Å². The topological polar surface area (TPSA) is 62.7 Å². The Bertz CT molecular complexity index is 869. The highest BCUT2D eigenvalue weighted by Crippen LogP contribution is 2.20. The molecule has 2 aromatic rings. The summed E-state index contributed by atoms with van der Waals surface area (Å²) in [5, 5.41) is 0. The van der Waals surface area contributed by atoms with Gasteiger partial charge in [0.15, 0.2) is 0 Å². The van der Waals surface area contributed by atoms with E-state index >= 15 is 0 Å². The van der Waals surface area contributed by atoms with Gasteiger partial charge < -0.3 is 9.64 Å². The first kappa shape index (κ1) is 18.7. The number of halogens is 2. The van der Waals surface area contributed by atoms with Gasteiger partial charge in [-0.3, -0.25) is 0 Å². The molecule has 26 heavy (non-hydrogen) atoms. The van der Waals surface area contributed by atoms with Gasteiger partial charge in [-0.05, 0) is 18.2 Å². The van der Waals surface area contributed by atoms with Crippen LogP contribution in [-0.4, -0.2) is 51.1 Å². The van der Waals surface area contributed by atoms with Crippen LogP contribution in [0.25, 0.3) is 0 Å². The highest BCUT2D eigenvalue weighted by Gasteiger charge is 2.26. The van der Waals surface area contributed by atoms with E-state index in [2.05, 4.69) is 4.98 Å². The van der Waals surface area contributed by atoms with Gasteiger partial charge in [-0.15, -0.1) is 0 Å². The van der Waals surface area contributed by atoms with E-state index in [4.69, 9.17) is 4.74 Å². The molecule has 1 aromatic carbocycles. The maximum Gasteiger partial charge on any atom is 0.244 e. The summed E-state index contributed by atoms with van der Waals surface area (Å²) in [5.74, 6) is -0.789. The lowest BCUT2D eigenvalue weighted by Crippen LogP contribution is -2.40. The number of sulfonamides is 1. The Morgan fingerprint density at radius 2 is 1.92 bits per heavy atom. The van der Waals surface area contributed by atoms with Crippen molar-refractivity contribution in [2.45, 2.75) is 11.4 Å².